The van der Waals surface area contributed by atoms with Crippen LogP contribution in [-0.4, -0.2) is 15.8 Å². The third-order valence-corrected chi connectivity index (χ3v) is 6.39. The smallest absolute Gasteiger partial charge is 0.187 e. The van der Waals surface area contributed by atoms with E-state index < -0.39 is 0 Å². The van der Waals surface area contributed by atoms with Gasteiger partial charge in [0.1, 0.15) is 0 Å². The molecule has 4 rings (SSSR count). The summed E-state index contributed by atoms with van der Waals surface area (Å²) in [5, 5.41) is 7.04. The van der Waals surface area contributed by atoms with Crippen molar-refractivity contribution in [2.24, 2.45) is 16.8 Å². The van der Waals surface area contributed by atoms with Crippen LogP contribution in [0.1, 0.15) is 36.4 Å². The first kappa shape index (κ1) is 18.8. The fourth-order valence-corrected chi connectivity index (χ4v) is 4.62. The Morgan fingerprint density at radius 2 is 1.70 bits per heavy atom. The number of hydrogen-bond donors (Lipinski definition) is 1. The van der Waals surface area contributed by atoms with Crippen LogP contribution in [0.2, 0.25) is 0 Å². The lowest BCUT2D eigenvalue weighted by atomic mass is 9.77. The highest BCUT2D eigenvalue weighted by molar-refractivity contribution is 9.10. The molecule has 0 bridgehead atoms. The molecular weight excluding hydrogens is 486 g/mol. The molecule has 0 radical (unpaired) electrons. The van der Waals surface area contributed by atoms with E-state index in [-0.39, 0.29) is 6.04 Å². The van der Waals surface area contributed by atoms with Crippen LogP contribution in [0.5, 0.6) is 0 Å². The molecule has 6 heteroatoms. The summed E-state index contributed by atoms with van der Waals surface area (Å²) in [6.45, 7) is 0. The molecule has 2 aromatic carbocycles. The van der Waals surface area contributed by atoms with E-state index in [2.05, 4.69) is 86.5 Å². The number of thiocarbonyl (C=S) groups is 1. The topological polar surface area (TPSA) is 41.6 Å². The van der Waals surface area contributed by atoms with Crippen molar-refractivity contribution in [2.45, 2.75) is 25.3 Å². The summed E-state index contributed by atoms with van der Waals surface area (Å²) in [6, 6.07) is 16.8. The Labute approximate surface area is 181 Å². The summed E-state index contributed by atoms with van der Waals surface area (Å²) >= 11 is 12.3. The molecule has 3 nitrogen and oxygen atoms in total. The average Bonchev–Trinajstić information content (AvgIpc) is 3.05. The molecule has 0 spiro atoms. The van der Waals surface area contributed by atoms with Gasteiger partial charge < -0.3 is 5.73 Å². The third-order valence-electron chi connectivity index (χ3n) is 5.15. The Morgan fingerprint density at radius 1 is 1.07 bits per heavy atom. The summed E-state index contributed by atoms with van der Waals surface area (Å²) in [5.74, 6) is 0.308. The first-order valence-corrected chi connectivity index (χ1v) is 10.9. The fourth-order valence-electron chi connectivity index (χ4n) is 3.94. The van der Waals surface area contributed by atoms with Crippen molar-refractivity contribution in [1.82, 2.24) is 5.01 Å². The van der Waals surface area contributed by atoms with E-state index in [9.17, 15) is 0 Å². The molecule has 27 heavy (non-hydrogen) atoms. The van der Waals surface area contributed by atoms with Crippen molar-refractivity contribution in [3.05, 3.63) is 74.2 Å². The van der Waals surface area contributed by atoms with Crippen LogP contribution in [0, 0.1) is 5.92 Å². The first-order valence-electron chi connectivity index (χ1n) is 8.92. The highest BCUT2D eigenvalue weighted by Gasteiger charge is 2.42. The van der Waals surface area contributed by atoms with Crippen molar-refractivity contribution in [3.63, 3.8) is 0 Å². The third kappa shape index (κ3) is 3.89. The zero-order valence-corrected chi connectivity index (χ0v) is 18.6. The van der Waals surface area contributed by atoms with Gasteiger partial charge in [0, 0.05) is 14.9 Å². The molecule has 2 unspecified atom stereocenters. The molecule has 1 fully saturated rings. The minimum absolute atomic E-state index is 0.0687. The molecule has 0 saturated heterocycles. The van der Waals surface area contributed by atoms with Gasteiger partial charge in [-0.2, -0.15) is 5.10 Å². The van der Waals surface area contributed by atoms with Crippen molar-refractivity contribution in [3.8, 4) is 0 Å². The van der Waals surface area contributed by atoms with Crippen LogP contribution in [-0.2, 0) is 0 Å². The van der Waals surface area contributed by atoms with E-state index in [1.807, 2.05) is 5.01 Å². The largest absolute Gasteiger partial charge is 0.375 e. The van der Waals surface area contributed by atoms with E-state index >= 15 is 0 Å². The van der Waals surface area contributed by atoms with Crippen molar-refractivity contribution < 1.29 is 0 Å². The van der Waals surface area contributed by atoms with Gasteiger partial charge in [-0.25, -0.2) is 5.01 Å². The van der Waals surface area contributed by atoms with Crippen LogP contribution in [0.3, 0.4) is 0 Å². The summed E-state index contributed by atoms with van der Waals surface area (Å²) in [4.78, 5) is 0. The molecule has 2 aromatic rings. The number of nitrogens with two attached hydrogens (primary N) is 1. The lowest BCUT2D eigenvalue weighted by Crippen LogP contribution is -2.34. The predicted molar refractivity (Wildman–Crippen MR) is 122 cm³/mol. The Balaban J connectivity index is 1.72. The molecule has 1 heterocycles. The Kier molecular flexibility index (Phi) is 5.48. The lowest BCUT2D eigenvalue weighted by Gasteiger charge is -2.29. The number of benzene rings is 2. The molecule has 0 aromatic heterocycles. The molecule has 0 amide bonds. The number of fused-ring (bicyclic) bond motifs is 1. The number of nitrogens with zero attached hydrogens (tertiary/aromatic N) is 2. The number of rotatable bonds is 2. The molecule has 2 atom stereocenters. The lowest BCUT2D eigenvalue weighted by molar-refractivity contribution is 0.305. The van der Waals surface area contributed by atoms with Gasteiger partial charge in [0.05, 0.1) is 11.8 Å². The minimum Gasteiger partial charge on any atom is -0.375 e. The molecule has 2 N–H and O–H groups in total. The normalized spacial score (nSPS) is 23.3. The van der Waals surface area contributed by atoms with Gasteiger partial charge in [0.15, 0.2) is 5.11 Å². The number of hydrazone groups is 1. The van der Waals surface area contributed by atoms with Crippen LogP contribution < -0.4 is 5.73 Å². The Bertz CT molecular complexity index is 919. The first-order chi connectivity index (χ1) is 13.0. The second-order valence-corrected chi connectivity index (χ2v) is 9.13. The van der Waals surface area contributed by atoms with E-state index in [1.54, 1.807) is 0 Å². The Morgan fingerprint density at radius 3 is 2.33 bits per heavy atom. The molecule has 1 aliphatic carbocycles. The highest BCUT2D eigenvalue weighted by atomic mass is 79.9. The summed E-state index contributed by atoms with van der Waals surface area (Å²) < 4.78 is 2.14. The van der Waals surface area contributed by atoms with E-state index in [0.717, 1.165) is 33.9 Å². The van der Waals surface area contributed by atoms with Gasteiger partial charge in [0.25, 0.3) is 0 Å². The maximum absolute atomic E-state index is 6.04. The average molecular weight is 505 g/mol. The van der Waals surface area contributed by atoms with Gasteiger partial charge in [-0.1, -0.05) is 56.1 Å². The van der Waals surface area contributed by atoms with Crippen LogP contribution in [0.4, 0.5) is 0 Å². The second kappa shape index (κ2) is 7.86. The number of halogens is 2. The van der Waals surface area contributed by atoms with E-state index in [0.29, 0.717) is 11.0 Å². The summed E-state index contributed by atoms with van der Waals surface area (Å²) in [7, 11) is 0. The zero-order valence-electron chi connectivity index (χ0n) is 14.6. The SMILES string of the molecule is NC(=S)N1N=C2/C(=C\c3ccc(Br)cc3)CCCC2C1c1ccc(Br)cc1. The molecular formula is C21H19Br2N3S. The highest BCUT2D eigenvalue weighted by Crippen LogP contribution is 2.44. The molecule has 1 saturated carbocycles. The maximum atomic E-state index is 6.04. The number of allylic oxidation sites excluding steroid dienone is 1. The minimum atomic E-state index is 0.0687. The van der Waals surface area contributed by atoms with Crippen LogP contribution >= 0.6 is 44.1 Å². The standard InChI is InChI=1S/C21H19Br2N3S/c22-16-8-4-13(5-9-16)12-15-2-1-3-18-19(15)25-26(21(24)27)20(18)14-6-10-17(23)11-7-14/h4-12,18,20H,1-3H2,(H2,24,27)/b15-12-. The van der Waals surface area contributed by atoms with Gasteiger partial charge in [0.2, 0.25) is 0 Å². The quantitative estimate of drug-likeness (QED) is 0.506. The van der Waals surface area contributed by atoms with Crippen molar-refractivity contribution >= 4 is 61.0 Å². The van der Waals surface area contributed by atoms with Gasteiger partial charge in [-0.15, -0.1) is 0 Å². The molecule has 138 valence electrons. The van der Waals surface area contributed by atoms with Crippen LogP contribution in [0.25, 0.3) is 6.08 Å². The van der Waals surface area contributed by atoms with Gasteiger partial charge in [-0.05, 0) is 78.5 Å². The van der Waals surface area contributed by atoms with Crippen molar-refractivity contribution in [1.29, 1.82) is 0 Å². The monoisotopic (exact) mass is 503 g/mol. The van der Waals surface area contributed by atoms with Crippen molar-refractivity contribution in [2.75, 3.05) is 0 Å². The molecule has 2 aliphatic rings. The zero-order chi connectivity index (χ0) is 19.0. The predicted octanol–water partition coefficient (Wildman–Crippen LogP) is 6.05. The fraction of sp³-hybridized carbons (Fsp3) is 0.238. The maximum Gasteiger partial charge on any atom is 0.187 e. The summed E-state index contributed by atoms with van der Waals surface area (Å²) in [5.41, 5.74) is 10.8. The Hall–Kier alpha value is -1.50. The van der Waals surface area contributed by atoms with E-state index in [4.69, 9.17) is 23.1 Å². The van der Waals surface area contributed by atoms with Crippen LogP contribution in [0.15, 0.2) is 68.2 Å². The second-order valence-electron chi connectivity index (χ2n) is 6.88. The number of hydrogen-bond acceptors (Lipinski definition) is 2. The molecule has 1 aliphatic heterocycles. The van der Waals surface area contributed by atoms with Gasteiger partial charge >= 0.3 is 0 Å². The van der Waals surface area contributed by atoms with E-state index in [1.165, 1.54) is 16.7 Å². The summed E-state index contributed by atoms with van der Waals surface area (Å²) in [6.07, 6.45) is 5.52. The van der Waals surface area contributed by atoms with Gasteiger partial charge in [-0.3, -0.25) is 0 Å².